The van der Waals surface area contributed by atoms with Gasteiger partial charge in [-0.2, -0.15) is 0 Å². The number of aliphatic hydroxyl groups excluding tert-OH is 1. The Morgan fingerprint density at radius 2 is 1.43 bits per heavy atom. The molecule has 3 N–H and O–H groups in total. The van der Waals surface area contributed by atoms with E-state index in [1.807, 2.05) is 0 Å². The highest BCUT2D eigenvalue weighted by Crippen LogP contribution is 2.19. The van der Waals surface area contributed by atoms with Gasteiger partial charge in [-0.05, 0) is 35.4 Å². The number of hydrogen-bond acceptors (Lipinski definition) is 6. The molecule has 2 amide bonds. The number of hydrogen-bond donors (Lipinski definition) is 3. The predicted molar refractivity (Wildman–Crippen MR) is 130 cm³/mol. The fraction of sp³-hybridized carbons (Fsp3) is 0.222. The van der Waals surface area contributed by atoms with Gasteiger partial charge in [0.15, 0.2) is 6.10 Å². The van der Waals surface area contributed by atoms with Gasteiger partial charge < -0.3 is 25.2 Å². The normalized spacial score (nSPS) is 13.1. The molecule has 8 nitrogen and oxygen atoms in total. The van der Waals surface area contributed by atoms with E-state index in [-0.39, 0.29) is 6.42 Å². The molecular weight excluding hydrogens is 448 g/mol. The van der Waals surface area contributed by atoms with E-state index < -0.39 is 36.0 Å². The first-order valence-corrected chi connectivity index (χ1v) is 11.0. The maximum atomic E-state index is 13.1. The summed E-state index contributed by atoms with van der Waals surface area (Å²) in [7, 11) is 2.77. The highest BCUT2D eigenvalue weighted by atomic mass is 16.5. The lowest BCUT2D eigenvalue weighted by Gasteiger charge is -2.26. The number of methoxy groups -OCH3 is 2. The lowest BCUT2D eigenvalue weighted by Crippen LogP contribution is -2.51. The summed E-state index contributed by atoms with van der Waals surface area (Å²) in [5, 5.41) is 16.3. The molecular formula is C27H28N2O6. The number of carbonyl (C=O) groups is 3. The second kappa shape index (κ2) is 12.3. The third-order valence-electron chi connectivity index (χ3n) is 5.47. The molecule has 0 spiro atoms. The van der Waals surface area contributed by atoms with E-state index >= 15 is 0 Å². The first-order chi connectivity index (χ1) is 16.9. The van der Waals surface area contributed by atoms with Crippen LogP contribution in [0.2, 0.25) is 0 Å². The van der Waals surface area contributed by atoms with Gasteiger partial charge in [0.05, 0.1) is 20.3 Å². The molecule has 0 aliphatic rings. The van der Waals surface area contributed by atoms with E-state index in [1.54, 1.807) is 92.0 Å². The first-order valence-electron chi connectivity index (χ1n) is 11.0. The van der Waals surface area contributed by atoms with Crippen molar-refractivity contribution in [3.63, 3.8) is 0 Å². The molecule has 8 heteroatoms. The zero-order valence-corrected chi connectivity index (χ0v) is 19.5. The second-order valence-electron chi connectivity index (χ2n) is 7.81. The number of benzene rings is 3. The van der Waals surface area contributed by atoms with Crippen LogP contribution in [0.1, 0.15) is 27.5 Å². The average Bonchev–Trinajstić information content (AvgIpc) is 2.91. The molecule has 3 rings (SSSR count). The minimum Gasteiger partial charge on any atom is -0.497 e. The SMILES string of the molecule is COC(=O)[C@H](Cc1ccc(OC)cc1)NC(=O)[C@H](O)[C@@H](NC(=O)c1ccccc1)c1ccccc1. The lowest BCUT2D eigenvalue weighted by atomic mass is 9.99. The van der Waals surface area contributed by atoms with Crippen molar-refractivity contribution in [3.05, 3.63) is 102 Å². The van der Waals surface area contributed by atoms with Crippen molar-refractivity contribution in [3.8, 4) is 5.75 Å². The van der Waals surface area contributed by atoms with E-state index in [2.05, 4.69) is 10.6 Å². The molecule has 35 heavy (non-hydrogen) atoms. The highest BCUT2D eigenvalue weighted by Gasteiger charge is 2.32. The molecule has 0 saturated carbocycles. The van der Waals surface area contributed by atoms with Crippen LogP contribution in [0, 0.1) is 0 Å². The lowest BCUT2D eigenvalue weighted by molar-refractivity contribution is -0.146. The van der Waals surface area contributed by atoms with Crippen molar-refractivity contribution in [1.82, 2.24) is 10.6 Å². The van der Waals surface area contributed by atoms with Gasteiger partial charge >= 0.3 is 5.97 Å². The maximum absolute atomic E-state index is 13.1. The quantitative estimate of drug-likeness (QED) is 0.387. The van der Waals surface area contributed by atoms with Crippen molar-refractivity contribution < 1.29 is 29.0 Å². The van der Waals surface area contributed by atoms with Crippen molar-refractivity contribution in [2.75, 3.05) is 14.2 Å². The van der Waals surface area contributed by atoms with Crippen LogP contribution in [0.3, 0.4) is 0 Å². The number of carbonyl (C=O) groups excluding carboxylic acids is 3. The summed E-state index contributed by atoms with van der Waals surface area (Å²) in [6, 6.07) is 22.1. The fourth-order valence-electron chi connectivity index (χ4n) is 3.56. The monoisotopic (exact) mass is 476 g/mol. The number of aliphatic hydroxyl groups is 1. The summed E-state index contributed by atoms with van der Waals surface area (Å²) in [4.78, 5) is 38.2. The van der Waals surface area contributed by atoms with E-state index in [0.717, 1.165) is 5.56 Å². The molecule has 182 valence electrons. The minimum absolute atomic E-state index is 0.140. The number of ether oxygens (including phenoxy) is 2. The van der Waals surface area contributed by atoms with E-state index in [4.69, 9.17) is 9.47 Å². The second-order valence-corrected chi connectivity index (χ2v) is 7.81. The summed E-state index contributed by atoms with van der Waals surface area (Å²) < 4.78 is 9.99. The summed E-state index contributed by atoms with van der Waals surface area (Å²) in [6.45, 7) is 0. The van der Waals surface area contributed by atoms with Crippen molar-refractivity contribution >= 4 is 17.8 Å². The molecule has 0 radical (unpaired) electrons. The van der Waals surface area contributed by atoms with E-state index in [0.29, 0.717) is 16.9 Å². The molecule has 0 fully saturated rings. The number of amides is 2. The summed E-state index contributed by atoms with van der Waals surface area (Å²) in [5.74, 6) is -1.28. The Hall–Kier alpha value is -4.17. The van der Waals surface area contributed by atoms with Gasteiger partial charge in [0, 0.05) is 12.0 Å². The Kier molecular flexibility index (Phi) is 8.97. The molecule has 0 unspecified atom stereocenters. The summed E-state index contributed by atoms with van der Waals surface area (Å²) in [5.41, 5.74) is 1.67. The van der Waals surface area contributed by atoms with Gasteiger partial charge in [0.2, 0.25) is 0 Å². The van der Waals surface area contributed by atoms with Gasteiger partial charge in [-0.1, -0.05) is 60.7 Å². The fourth-order valence-corrected chi connectivity index (χ4v) is 3.56. The number of esters is 1. The molecule has 0 heterocycles. The molecule has 3 aromatic carbocycles. The van der Waals surface area contributed by atoms with Crippen LogP contribution in [-0.2, 0) is 20.7 Å². The van der Waals surface area contributed by atoms with Gasteiger partial charge in [0.25, 0.3) is 11.8 Å². The Bertz CT molecular complexity index is 1120. The smallest absolute Gasteiger partial charge is 0.328 e. The van der Waals surface area contributed by atoms with Gasteiger partial charge in [-0.25, -0.2) is 4.79 Å². The van der Waals surface area contributed by atoms with Crippen LogP contribution in [-0.4, -0.2) is 49.3 Å². The van der Waals surface area contributed by atoms with Gasteiger partial charge in [-0.3, -0.25) is 9.59 Å². The average molecular weight is 477 g/mol. The Labute approximate surface area is 203 Å². The molecule has 0 aliphatic carbocycles. The number of nitrogens with one attached hydrogen (secondary N) is 2. The standard InChI is InChI=1S/C27H28N2O6/c1-34-21-15-13-18(14-16-21)17-22(27(33)35-2)28-26(32)24(30)23(19-9-5-3-6-10-19)29-25(31)20-11-7-4-8-12-20/h3-16,22-24,30H,17H2,1-2H3,(H,28,32)(H,29,31)/t22-,23-,24+/m0/s1. The molecule has 3 atom stereocenters. The molecule has 0 saturated heterocycles. The summed E-state index contributed by atoms with van der Waals surface area (Å²) >= 11 is 0. The molecule has 0 aromatic heterocycles. The topological polar surface area (TPSA) is 114 Å². The molecule has 0 aliphatic heterocycles. The Morgan fingerprint density at radius 3 is 2.00 bits per heavy atom. The Morgan fingerprint density at radius 1 is 0.829 bits per heavy atom. The predicted octanol–water partition coefficient (Wildman–Crippen LogP) is 2.43. The van der Waals surface area contributed by atoms with Crippen LogP contribution in [0.4, 0.5) is 0 Å². The van der Waals surface area contributed by atoms with Crippen molar-refractivity contribution in [2.24, 2.45) is 0 Å². The van der Waals surface area contributed by atoms with Crippen molar-refractivity contribution in [1.29, 1.82) is 0 Å². The summed E-state index contributed by atoms with van der Waals surface area (Å²) in [6.07, 6.45) is -1.53. The van der Waals surface area contributed by atoms with E-state index in [9.17, 15) is 19.5 Å². The van der Waals surface area contributed by atoms with E-state index in [1.165, 1.54) is 7.11 Å². The zero-order valence-electron chi connectivity index (χ0n) is 19.5. The molecule has 0 bridgehead atoms. The largest absolute Gasteiger partial charge is 0.497 e. The third kappa shape index (κ3) is 6.91. The van der Waals surface area contributed by atoms with Crippen molar-refractivity contribution in [2.45, 2.75) is 24.6 Å². The minimum atomic E-state index is -1.67. The highest BCUT2D eigenvalue weighted by molar-refractivity contribution is 5.95. The maximum Gasteiger partial charge on any atom is 0.328 e. The van der Waals surface area contributed by atoms with Gasteiger partial charge in [0.1, 0.15) is 11.8 Å². The van der Waals surface area contributed by atoms with Crippen LogP contribution in [0.25, 0.3) is 0 Å². The zero-order chi connectivity index (χ0) is 25.2. The van der Waals surface area contributed by atoms with Crippen LogP contribution < -0.4 is 15.4 Å². The first kappa shape index (κ1) is 25.5. The third-order valence-corrected chi connectivity index (χ3v) is 5.47. The van der Waals surface area contributed by atoms with Crippen LogP contribution in [0.5, 0.6) is 5.75 Å². The van der Waals surface area contributed by atoms with Crippen LogP contribution in [0.15, 0.2) is 84.9 Å². The van der Waals surface area contributed by atoms with Crippen LogP contribution >= 0.6 is 0 Å². The number of rotatable bonds is 10. The molecule has 3 aromatic rings. The van der Waals surface area contributed by atoms with Gasteiger partial charge in [-0.15, -0.1) is 0 Å². The Balaban J connectivity index is 1.79.